The second-order valence-electron chi connectivity index (χ2n) is 4.83. The van der Waals surface area contributed by atoms with E-state index in [-0.39, 0.29) is 10.8 Å². The predicted molar refractivity (Wildman–Crippen MR) is 71.5 cm³/mol. The van der Waals surface area contributed by atoms with Gasteiger partial charge in [0.25, 0.3) is 0 Å². The first kappa shape index (κ1) is 14.3. The third kappa shape index (κ3) is 2.91. The molecule has 0 aliphatic carbocycles. The van der Waals surface area contributed by atoms with E-state index >= 15 is 0 Å². The summed E-state index contributed by atoms with van der Waals surface area (Å²) in [4.78, 5) is 0.263. The molecule has 0 radical (unpaired) electrons. The van der Waals surface area contributed by atoms with E-state index in [0.717, 1.165) is 0 Å². The van der Waals surface area contributed by atoms with Crippen molar-refractivity contribution in [3.8, 4) is 5.75 Å². The standard InChI is InChI=1S/C13H19NO4S/c1-10(15)11-7-8-14(9-11)19(16,17)13-5-3-12(18-2)4-6-13/h3-6,10-11,15H,7-9H2,1-2H3. The van der Waals surface area contributed by atoms with Gasteiger partial charge in [0.05, 0.1) is 18.1 Å². The van der Waals surface area contributed by atoms with Crippen LogP contribution in [0.25, 0.3) is 0 Å². The Morgan fingerprint density at radius 3 is 2.47 bits per heavy atom. The average Bonchev–Trinajstić information content (AvgIpc) is 2.89. The molecule has 2 unspecified atom stereocenters. The number of benzene rings is 1. The Kier molecular flexibility index (Phi) is 4.13. The average molecular weight is 285 g/mol. The van der Waals surface area contributed by atoms with Crippen LogP contribution in [0.4, 0.5) is 0 Å². The van der Waals surface area contributed by atoms with Crippen molar-refractivity contribution in [3.63, 3.8) is 0 Å². The second kappa shape index (κ2) is 5.48. The Morgan fingerprint density at radius 1 is 1.37 bits per heavy atom. The number of sulfonamides is 1. The first-order valence-corrected chi connectivity index (χ1v) is 7.71. The molecule has 1 heterocycles. The highest BCUT2D eigenvalue weighted by molar-refractivity contribution is 7.89. The highest BCUT2D eigenvalue weighted by Gasteiger charge is 2.34. The zero-order chi connectivity index (χ0) is 14.0. The summed E-state index contributed by atoms with van der Waals surface area (Å²) in [5.41, 5.74) is 0. The largest absolute Gasteiger partial charge is 0.497 e. The summed E-state index contributed by atoms with van der Waals surface area (Å²) in [7, 11) is -1.92. The molecule has 2 rings (SSSR count). The summed E-state index contributed by atoms with van der Waals surface area (Å²) in [5.74, 6) is 0.648. The van der Waals surface area contributed by atoms with Crippen LogP contribution in [0, 0.1) is 5.92 Å². The summed E-state index contributed by atoms with van der Waals surface area (Å²) in [6, 6.07) is 6.36. The first-order chi connectivity index (χ1) is 8.95. The van der Waals surface area contributed by atoms with Gasteiger partial charge in [-0.25, -0.2) is 8.42 Å². The van der Waals surface area contributed by atoms with Gasteiger partial charge in [-0.2, -0.15) is 4.31 Å². The number of nitrogens with zero attached hydrogens (tertiary/aromatic N) is 1. The zero-order valence-electron chi connectivity index (χ0n) is 11.1. The van der Waals surface area contributed by atoms with Crippen molar-refractivity contribution in [2.24, 2.45) is 5.92 Å². The lowest BCUT2D eigenvalue weighted by atomic mass is 10.0. The molecule has 0 saturated carbocycles. The highest BCUT2D eigenvalue weighted by Crippen LogP contribution is 2.27. The molecule has 0 spiro atoms. The first-order valence-electron chi connectivity index (χ1n) is 6.27. The van der Waals surface area contributed by atoms with Crippen LogP contribution in [0.3, 0.4) is 0 Å². The molecule has 6 heteroatoms. The lowest BCUT2D eigenvalue weighted by Crippen LogP contribution is -2.30. The van der Waals surface area contributed by atoms with E-state index < -0.39 is 16.1 Å². The molecular formula is C13H19NO4S. The molecule has 1 N–H and O–H groups in total. The number of aliphatic hydroxyl groups is 1. The van der Waals surface area contributed by atoms with Crippen molar-refractivity contribution < 1.29 is 18.3 Å². The minimum absolute atomic E-state index is 0.0213. The fourth-order valence-corrected chi connectivity index (χ4v) is 3.77. The van der Waals surface area contributed by atoms with Crippen LogP contribution in [-0.4, -0.2) is 44.1 Å². The zero-order valence-corrected chi connectivity index (χ0v) is 11.9. The maximum absolute atomic E-state index is 12.4. The number of hydrogen-bond donors (Lipinski definition) is 1. The molecule has 1 fully saturated rings. The molecule has 0 bridgehead atoms. The monoisotopic (exact) mass is 285 g/mol. The number of aliphatic hydroxyl groups excluding tert-OH is 1. The Labute approximate surface area is 113 Å². The van der Waals surface area contributed by atoms with Gasteiger partial charge in [0.15, 0.2) is 0 Å². The van der Waals surface area contributed by atoms with E-state index in [4.69, 9.17) is 4.74 Å². The fourth-order valence-electron chi connectivity index (χ4n) is 2.26. The maximum atomic E-state index is 12.4. The normalized spacial score (nSPS) is 22.4. The van der Waals surface area contributed by atoms with Crippen molar-refractivity contribution in [2.45, 2.75) is 24.3 Å². The van der Waals surface area contributed by atoms with Gasteiger partial charge in [0.2, 0.25) is 10.0 Å². The van der Waals surface area contributed by atoms with E-state index in [1.807, 2.05) is 0 Å². The fraction of sp³-hybridized carbons (Fsp3) is 0.538. The van der Waals surface area contributed by atoms with Crippen molar-refractivity contribution in [3.05, 3.63) is 24.3 Å². The molecule has 106 valence electrons. The Hall–Kier alpha value is -1.11. The smallest absolute Gasteiger partial charge is 0.243 e. The van der Waals surface area contributed by atoms with Gasteiger partial charge in [-0.3, -0.25) is 0 Å². The van der Waals surface area contributed by atoms with E-state index in [9.17, 15) is 13.5 Å². The minimum atomic E-state index is -3.46. The molecule has 1 aliphatic rings. The van der Waals surface area contributed by atoms with Crippen LogP contribution in [-0.2, 0) is 10.0 Å². The van der Waals surface area contributed by atoms with E-state index in [2.05, 4.69) is 0 Å². The van der Waals surface area contributed by atoms with Crippen molar-refractivity contribution in [1.29, 1.82) is 0 Å². The Morgan fingerprint density at radius 2 is 2.00 bits per heavy atom. The maximum Gasteiger partial charge on any atom is 0.243 e. The summed E-state index contributed by atoms with van der Waals surface area (Å²) in [6.45, 7) is 2.55. The van der Waals surface area contributed by atoms with Crippen molar-refractivity contribution >= 4 is 10.0 Å². The molecular weight excluding hydrogens is 266 g/mol. The van der Waals surface area contributed by atoms with Crippen LogP contribution in [0.1, 0.15) is 13.3 Å². The van der Waals surface area contributed by atoms with E-state index in [0.29, 0.717) is 25.3 Å². The molecule has 1 saturated heterocycles. The van der Waals surface area contributed by atoms with Gasteiger partial charge in [-0.05, 0) is 43.5 Å². The van der Waals surface area contributed by atoms with Crippen LogP contribution < -0.4 is 4.74 Å². The topological polar surface area (TPSA) is 66.8 Å². The van der Waals surface area contributed by atoms with E-state index in [1.54, 1.807) is 31.2 Å². The minimum Gasteiger partial charge on any atom is -0.497 e. The molecule has 2 atom stereocenters. The van der Waals surface area contributed by atoms with Gasteiger partial charge in [0, 0.05) is 13.1 Å². The summed E-state index contributed by atoms with van der Waals surface area (Å²) in [6.07, 6.45) is 0.226. The molecule has 5 nitrogen and oxygen atoms in total. The molecule has 19 heavy (non-hydrogen) atoms. The summed E-state index contributed by atoms with van der Waals surface area (Å²) in [5, 5.41) is 9.54. The van der Waals surface area contributed by atoms with E-state index in [1.165, 1.54) is 11.4 Å². The third-order valence-electron chi connectivity index (χ3n) is 3.57. The number of methoxy groups -OCH3 is 1. The second-order valence-corrected chi connectivity index (χ2v) is 6.77. The summed E-state index contributed by atoms with van der Waals surface area (Å²) < 4.78 is 31.3. The van der Waals surface area contributed by atoms with Gasteiger partial charge in [-0.15, -0.1) is 0 Å². The van der Waals surface area contributed by atoms with Crippen molar-refractivity contribution in [2.75, 3.05) is 20.2 Å². The Bertz CT molecular complexity index is 524. The number of hydrogen-bond acceptors (Lipinski definition) is 4. The van der Waals surface area contributed by atoms with Crippen molar-refractivity contribution in [1.82, 2.24) is 4.31 Å². The summed E-state index contributed by atoms with van der Waals surface area (Å²) >= 11 is 0. The SMILES string of the molecule is COc1ccc(S(=O)(=O)N2CCC(C(C)O)C2)cc1. The molecule has 1 aromatic rings. The Balaban J connectivity index is 2.18. The number of rotatable bonds is 4. The third-order valence-corrected chi connectivity index (χ3v) is 5.45. The van der Waals surface area contributed by atoms with Crippen LogP contribution in [0.15, 0.2) is 29.2 Å². The molecule has 1 aromatic carbocycles. The predicted octanol–water partition coefficient (Wildman–Crippen LogP) is 1.09. The molecule has 0 aromatic heterocycles. The van der Waals surface area contributed by atoms with Crippen LogP contribution in [0.2, 0.25) is 0 Å². The van der Waals surface area contributed by atoms with Gasteiger partial charge in [-0.1, -0.05) is 0 Å². The molecule has 0 amide bonds. The van der Waals surface area contributed by atoms with Crippen LogP contribution >= 0.6 is 0 Å². The molecule has 1 aliphatic heterocycles. The van der Waals surface area contributed by atoms with Gasteiger partial charge in [0.1, 0.15) is 5.75 Å². The lowest BCUT2D eigenvalue weighted by molar-refractivity contribution is 0.133. The number of ether oxygens (including phenoxy) is 1. The highest BCUT2D eigenvalue weighted by atomic mass is 32.2. The lowest BCUT2D eigenvalue weighted by Gasteiger charge is -2.17. The van der Waals surface area contributed by atoms with Gasteiger partial charge >= 0.3 is 0 Å². The van der Waals surface area contributed by atoms with Crippen LogP contribution in [0.5, 0.6) is 5.75 Å². The quantitative estimate of drug-likeness (QED) is 0.899. The van der Waals surface area contributed by atoms with Gasteiger partial charge < -0.3 is 9.84 Å².